The Bertz CT molecular complexity index is 1040. The van der Waals surface area contributed by atoms with Crippen molar-refractivity contribution in [2.45, 2.75) is 242 Å². The molecule has 2 fully saturated rings. The van der Waals surface area contributed by atoms with E-state index in [0.29, 0.717) is 12.8 Å². The first-order valence-electron chi connectivity index (χ1n) is 22.6. The second-order valence-corrected chi connectivity index (χ2v) is 16.2. The number of hydrogen-bond donors (Lipinski definition) is 6. The lowest BCUT2D eigenvalue weighted by Gasteiger charge is -2.44. The van der Waals surface area contributed by atoms with E-state index in [1.54, 1.807) is 0 Å². The van der Waals surface area contributed by atoms with Crippen LogP contribution in [-0.4, -0.2) is 117 Å². The number of esters is 2. The summed E-state index contributed by atoms with van der Waals surface area (Å²) in [6.07, 6.45) is 16.0. The highest BCUT2D eigenvalue weighted by molar-refractivity contribution is 5.69. The fraction of sp³-hybridized carbons (Fsp3) is 0.909. The van der Waals surface area contributed by atoms with Crippen molar-refractivity contribution < 1.29 is 63.9 Å². The predicted octanol–water partition coefficient (Wildman–Crippen LogP) is 6.44. The van der Waals surface area contributed by atoms with Gasteiger partial charge in [0.05, 0.1) is 0 Å². The van der Waals surface area contributed by atoms with Crippen molar-refractivity contribution in [2.75, 3.05) is 13.2 Å². The fourth-order valence-corrected chi connectivity index (χ4v) is 7.23. The van der Waals surface area contributed by atoms with Gasteiger partial charge < -0.3 is 54.3 Å². The molecule has 2 rings (SSSR count). The Morgan fingerprint density at radius 3 is 1.11 bits per heavy atom. The van der Waals surface area contributed by atoms with E-state index >= 15 is 0 Å². The highest BCUT2D eigenvalue weighted by atomic mass is 16.8. The van der Waals surface area contributed by atoms with Crippen LogP contribution in [0.2, 0.25) is 0 Å². The minimum atomic E-state index is -1.80. The largest absolute Gasteiger partial charge is 0.463 e. The summed E-state index contributed by atoms with van der Waals surface area (Å²) in [7, 11) is 0. The molecule has 57 heavy (non-hydrogen) atoms. The van der Waals surface area contributed by atoms with Gasteiger partial charge in [0.25, 0.3) is 0 Å². The van der Waals surface area contributed by atoms with E-state index in [9.17, 15) is 40.2 Å². The molecule has 0 aromatic heterocycles. The number of hydrogen-bond acceptors (Lipinski definition) is 13. The van der Waals surface area contributed by atoms with Gasteiger partial charge in [-0.1, -0.05) is 142 Å². The number of carbonyl (C=O) groups excluding carboxylic acids is 2. The fourth-order valence-electron chi connectivity index (χ4n) is 7.23. The summed E-state index contributed by atoms with van der Waals surface area (Å²) in [4.78, 5) is 24.8. The van der Waals surface area contributed by atoms with Gasteiger partial charge in [-0.05, 0) is 38.5 Å². The highest BCUT2D eigenvalue weighted by Crippen LogP contribution is 2.29. The molecule has 0 aliphatic carbocycles. The molecule has 6 unspecified atom stereocenters. The molecular formula is C44H80O13. The van der Waals surface area contributed by atoms with Crippen LogP contribution in [0, 0.1) is 0 Å². The number of ether oxygens (including phenoxy) is 5. The molecule has 0 spiro atoms. The van der Waals surface area contributed by atoms with E-state index in [-0.39, 0.29) is 12.8 Å². The number of unbranched alkanes of at least 4 members (excludes halogenated alkanes) is 21. The molecule has 0 aromatic carbocycles. The zero-order valence-corrected chi connectivity index (χ0v) is 35.3. The Kier molecular flexibility index (Phi) is 29.0. The minimum Gasteiger partial charge on any atom is -0.463 e. The van der Waals surface area contributed by atoms with E-state index < -0.39 is 86.6 Å². The Hall–Kier alpha value is -1.68. The molecule has 6 N–H and O–H groups in total. The second-order valence-electron chi connectivity index (χ2n) is 16.2. The topological polar surface area (TPSA) is 202 Å². The first-order chi connectivity index (χ1) is 27.6. The lowest BCUT2D eigenvalue weighted by Crippen LogP contribution is -2.64. The molecule has 13 nitrogen and oxygen atoms in total. The zero-order chi connectivity index (χ0) is 41.7. The molecule has 2 saturated heterocycles. The van der Waals surface area contributed by atoms with E-state index in [1.807, 2.05) is 0 Å². The van der Waals surface area contributed by atoms with Gasteiger partial charge in [-0.3, -0.25) is 9.59 Å². The van der Waals surface area contributed by atoms with Gasteiger partial charge in [-0.2, -0.15) is 0 Å². The van der Waals surface area contributed by atoms with Crippen LogP contribution in [0.15, 0.2) is 12.2 Å². The number of aliphatic hydroxyl groups is 6. The first kappa shape index (κ1) is 51.5. The standard InChI is InChI=1S/C44H80O13/c1-3-5-7-9-11-13-15-16-17-18-20-22-24-26-28-30-36(46)54-32-34-38(48)40(50)42(52)44(56-34)57-43-41(51)39(49)37(47)33(55-43)31-53-35(45)29-27-25-23-21-19-14-12-10-8-6-4-2/h16-17,33-34,37-44,47-52H,3-15,18-32H2,1-2H3/b17-16-/t33?,34?,37-,38-,39?,40?,41?,42?,43-,44-/m1/s1. The molecule has 0 aromatic rings. The molecule has 10 atom stereocenters. The summed E-state index contributed by atoms with van der Waals surface area (Å²) in [5.41, 5.74) is 0. The SMILES string of the molecule is CCCCCCCC/C=C\CCCCCCCC(=O)OCC1O[C@H](O[C@H]2OC(COC(=O)CCCCCCCCCCCCC)[C@@H](O)C(O)C2O)C(O)C(O)[C@@H]1O. The predicted molar refractivity (Wildman–Crippen MR) is 217 cm³/mol. The van der Waals surface area contributed by atoms with Gasteiger partial charge in [0, 0.05) is 12.8 Å². The lowest BCUT2D eigenvalue weighted by atomic mass is 9.98. The van der Waals surface area contributed by atoms with Gasteiger partial charge >= 0.3 is 11.9 Å². The maximum Gasteiger partial charge on any atom is 0.305 e. The molecule has 2 aliphatic heterocycles. The third kappa shape index (κ3) is 21.9. The van der Waals surface area contributed by atoms with E-state index in [4.69, 9.17) is 23.7 Å². The molecule has 334 valence electrons. The lowest BCUT2D eigenvalue weighted by molar-refractivity contribution is -0.376. The van der Waals surface area contributed by atoms with Gasteiger partial charge in [0.1, 0.15) is 62.0 Å². The molecular weight excluding hydrogens is 736 g/mol. The van der Waals surface area contributed by atoms with Gasteiger partial charge in [0.2, 0.25) is 0 Å². The average Bonchev–Trinajstić information content (AvgIpc) is 3.20. The van der Waals surface area contributed by atoms with Crippen LogP contribution in [0.1, 0.15) is 181 Å². The molecule has 0 amide bonds. The van der Waals surface area contributed by atoms with E-state index in [1.165, 1.54) is 83.5 Å². The Morgan fingerprint density at radius 2 is 0.754 bits per heavy atom. The van der Waals surface area contributed by atoms with Crippen molar-refractivity contribution in [3.8, 4) is 0 Å². The van der Waals surface area contributed by atoms with Crippen LogP contribution in [0.3, 0.4) is 0 Å². The molecule has 0 radical (unpaired) electrons. The summed E-state index contributed by atoms with van der Waals surface area (Å²) in [6.45, 7) is 3.59. The molecule has 0 saturated carbocycles. The normalized spacial score (nSPS) is 27.9. The Balaban J connectivity index is 1.66. The molecule has 2 heterocycles. The Morgan fingerprint density at radius 1 is 0.439 bits per heavy atom. The number of allylic oxidation sites excluding steroid dienone is 2. The number of rotatable bonds is 33. The summed E-state index contributed by atoms with van der Waals surface area (Å²) in [5, 5.41) is 63.2. The van der Waals surface area contributed by atoms with Crippen molar-refractivity contribution in [2.24, 2.45) is 0 Å². The smallest absolute Gasteiger partial charge is 0.305 e. The van der Waals surface area contributed by atoms with Crippen LogP contribution in [-0.2, 0) is 33.3 Å². The van der Waals surface area contributed by atoms with Gasteiger partial charge in [0.15, 0.2) is 12.6 Å². The summed E-state index contributed by atoms with van der Waals surface area (Å²) < 4.78 is 27.5. The van der Waals surface area contributed by atoms with Gasteiger partial charge in [-0.25, -0.2) is 0 Å². The summed E-state index contributed by atoms with van der Waals surface area (Å²) in [6, 6.07) is 0. The van der Waals surface area contributed by atoms with Crippen LogP contribution >= 0.6 is 0 Å². The third-order valence-electron chi connectivity index (χ3n) is 11.0. The quantitative estimate of drug-likeness (QED) is 0.0240. The number of carbonyl (C=O) groups is 2. The van der Waals surface area contributed by atoms with Crippen LogP contribution < -0.4 is 0 Å². The summed E-state index contributed by atoms with van der Waals surface area (Å²) >= 11 is 0. The van der Waals surface area contributed by atoms with Crippen LogP contribution in [0.4, 0.5) is 0 Å². The average molecular weight is 817 g/mol. The van der Waals surface area contributed by atoms with Crippen LogP contribution in [0.5, 0.6) is 0 Å². The van der Waals surface area contributed by atoms with Crippen molar-refractivity contribution in [3.05, 3.63) is 12.2 Å². The van der Waals surface area contributed by atoms with Crippen molar-refractivity contribution in [3.63, 3.8) is 0 Å². The van der Waals surface area contributed by atoms with Crippen molar-refractivity contribution in [1.29, 1.82) is 0 Å². The monoisotopic (exact) mass is 817 g/mol. The second kappa shape index (κ2) is 32.1. The molecule has 0 bridgehead atoms. The Labute approximate surface area is 342 Å². The van der Waals surface area contributed by atoms with Gasteiger partial charge in [-0.15, -0.1) is 0 Å². The van der Waals surface area contributed by atoms with E-state index in [0.717, 1.165) is 57.8 Å². The van der Waals surface area contributed by atoms with E-state index in [2.05, 4.69) is 26.0 Å². The van der Waals surface area contributed by atoms with Crippen molar-refractivity contribution >= 4 is 11.9 Å². The maximum atomic E-state index is 12.4. The highest BCUT2D eigenvalue weighted by Gasteiger charge is 2.50. The summed E-state index contributed by atoms with van der Waals surface area (Å²) in [5.74, 6) is -0.983. The third-order valence-corrected chi connectivity index (χ3v) is 11.0. The zero-order valence-electron chi connectivity index (χ0n) is 35.3. The maximum absolute atomic E-state index is 12.4. The molecule has 2 aliphatic rings. The number of aliphatic hydroxyl groups excluding tert-OH is 6. The van der Waals surface area contributed by atoms with Crippen molar-refractivity contribution in [1.82, 2.24) is 0 Å². The van der Waals surface area contributed by atoms with Crippen LogP contribution in [0.25, 0.3) is 0 Å². The minimum absolute atomic E-state index is 0.180. The first-order valence-corrected chi connectivity index (χ1v) is 22.6. The molecule has 13 heteroatoms.